The van der Waals surface area contributed by atoms with Crippen LogP contribution in [0.25, 0.3) is 0 Å². The van der Waals surface area contributed by atoms with Gasteiger partial charge < -0.3 is 5.32 Å². The Kier molecular flexibility index (Phi) is 5.00. The van der Waals surface area contributed by atoms with Gasteiger partial charge in [-0.1, -0.05) is 45.0 Å². The minimum absolute atomic E-state index is 0.622. The number of hydrogen-bond donors (Lipinski definition) is 1. The summed E-state index contributed by atoms with van der Waals surface area (Å²) >= 11 is 0. The lowest BCUT2D eigenvalue weighted by Gasteiger charge is -2.38. The summed E-state index contributed by atoms with van der Waals surface area (Å²) in [4.78, 5) is 2.61. The lowest BCUT2D eigenvalue weighted by Crippen LogP contribution is -2.54. The van der Waals surface area contributed by atoms with Gasteiger partial charge in [0.05, 0.1) is 0 Å². The maximum atomic E-state index is 3.62. The van der Waals surface area contributed by atoms with Crippen LogP contribution in [0.5, 0.6) is 0 Å². The van der Waals surface area contributed by atoms with E-state index >= 15 is 0 Å². The molecule has 0 aromatic heterocycles. The second-order valence-corrected chi connectivity index (χ2v) is 6.19. The molecule has 1 fully saturated rings. The standard InChI is InChI=1S/C17H28N2/c1-5-17-12-19(14(4)10-18-17)11-15-6-8-16(9-7-15)13(2)3/h6-9,13-14,17-18H,5,10-12H2,1-4H3. The van der Waals surface area contributed by atoms with Gasteiger partial charge in [0.15, 0.2) is 0 Å². The minimum atomic E-state index is 0.622. The molecule has 2 atom stereocenters. The predicted octanol–water partition coefficient (Wildman–Crippen LogP) is 3.38. The highest BCUT2D eigenvalue weighted by Gasteiger charge is 2.23. The number of nitrogens with one attached hydrogen (secondary N) is 1. The van der Waals surface area contributed by atoms with Crippen molar-refractivity contribution in [2.45, 2.75) is 58.7 Å². The quantitative estimate of drug-likeness (QED) is 0.893. The van der Waals surface area contributed by atoms with E-state index in [1.54, 1.807) is 0 Å². The highest BCUT2D eigenvalue weighted by Crippen LogP contribution is 2.17. The van der Waals surface area contributed by atoms with E-state index in [-0.39, 0.29) is 0 Å². The molecule has 0 bridgehead atoms. The first-order chi connectivity index (χ1) is 9.10. The molecule has 2 nitrogen and oxygen atoms in total. The number of benzene rings is 1. The lowest BCUT2D eigenvalue weighted by molar-refractivity contribution is 0.131. The van der Waals surface area contributed by atoms with E-state index in [2.05, 4.69) is 62.2 Å². The molecule has 0 amide bonds. The van der Waals surface area contributed by atoms with Crippen molar-refractivity contribution in [3.8, 4) is 0 Å². The summed E-state index contributed by atoms with van der Waals surface area (Å²) in [6.45, 7) is 12.5. The van der Waals surface area contributed by atoms with Crippen molar-refractivity contribution in [1.82, 2.24) is 10.2 Å². The van der Waals surface area contributed by atoms with Crippen molar-refractivity contribution < 1.29 is 0 Å². The maximum absolute atomic E-state index is 3.62. The fraction of sp³-hybridized carbons (Fsp3) is 0.647. The molecular weight excluding hydrogens is 232 g/mol. The molecule has 1 aliphatic heterocycles. The van der Waals surface area contributed by atoms with Gasteiger partial charge in [-0.2, -0.15) is 0 Å². The van der Waals surface area contributed by atoms with Crippen LogP contribution < -0.4 is 5.32 Å². The Balaban J connectivity index is 1.99. The molecule has 0 aliphatic carbocycles. The molecule has 2 heteroatoms. The molecule has 19 heavy (non-hydrogen) atoms. The number of rotatable bonds is 4. The maximum Gasteiger partial charge on any atom is 0.0237 e. The van der Waals surface area contributed by atoms with Gasteiger partial charge in [-0.25, -0.2) is 0 Å². The fourth-order valence-corrected chi connectivity index (χ4v) is 2.73. The van der Waals surface area contributed by atoms with Gasteiger partial charge in [0.1, 0.15) is 0 Å². The van der Waals surface area contributed by atoms with Crippen molar-refractivity contribution >= 4 is 0 Å². The van der Waals surface area contributed by atoms with Crippen molar-refractivity contribution in [2.24, 2.45) is 0 Å². The summed E-state index contributed by atoms with van der Waals surface area (Å²) in [5, 5.41) is 3.62. The molecule has 1 aromatic carbocycles. The smallest absolute Gasteiger partial charge is 0.0237 e. The Morgan fingerprint density at radius 1 is 1.26 bits per heavy atom. The van der Waals surface area contributed by atoms with Crippen LogP contribution in [-0.2, 0) is 6.54 Å². The summed E-state index contributed by atoms with van der Waals surface area (Å²) in [7, 11) is 0. The zero-order chi connectivity index (χ0) is 13.8. The minimum Gasteiger partial charge on any atom is -0.311 e. The molecule has 1 heterocycles. The van der Waals surface area contributed by atoms with Gasteiger partial charge in [0, 0.05) is 31.7 Å². The highest BCUT2D eigenvalue weighted by atomic mass is 15.2. The first kappa shape index (κ1) is 14.5. The van der Waals surface area contributed by atoms with Crippen LogP contribution in [-0.4, -0.2) is 30.1 Å². The van der Waals surface area contributed by atoms with E-state index in [0.717, 1.165) is 13.1 Å². The number of nitrogens with zero attached hydrogens (tertiary/aromatic N) is 1. The number of hydrogen-bond acceptors (Lipinski definition) is 2. The Labute approximate surface area is 118 Å². The first-order valence-corrected chi connectivity index (χ1v) is 7.66. The third-order valence-electron chi connectivity index (χ3n) is 4.31. The van der Waals surface area contributed by atoms with Crippen LogP contribution in [0.1, 0.15) is 51.2 Å². The van der Waals surface area contributed by atoms with Gasteiger partial charge in [-0.3, -0.25) is 4.90 Å². The highest BCUT2D eigenvalue weighted by molar-refractivity contribution is 5.24. The van der Waals surface area contributed by atoms with Crippen molar-refractivity contribution in [2.75, 3.05) is 13.1 Å². The molecule has 0 saturated carbocycles. The van der Waals surface area contributed by atoms with Gasteiger partial charge in [0.25, 0.3) is 0 Å². The summed E-state index contributed by atoms with van der Waals surface area (Å²) in [6.07, 6.45) is 1.22. The topological polar surface area (TPSA) is 15.3 Å². The third-order valence-corrected chi connectivity index (χ3v) is 4.31. The Bertz CT molecular complexity index is 383. The van der Waals surface area contributed by atoms with Crippen molar-refractivity contribution in [1.29, 1.82) is 0 Å². The van der Waals surface area contributed by atoms with E-state index in [0.29, 0.717) is 18.0 Å². The van der Waals surface area contributed by atoms with Gasteiger partial charge in [-0.05, 0) is 30.4 Å². The van der Waals surface area contributed by atoms with E-state index in [9.17, 15) is 0 Å². The summed E-state index contributed by atoms with van der Waals surface area (Å²) in [5.74, 6) is 0.622. The zero-order valence-electron chi connectivity index (χ0n) is 12.8. The average Bonchev–Trinajstić information content (AvgIpc) is 2.42. The van der Waals surface area contributed by atoms with E-state index in [4.69, 9.17) is 0 Å². The molecule has 1 aromatic rings. The zero-order valence-corrected chi connectivity index (χ0v) is 12.8. The van der Waals surface area contributed by atoms with E-state index < -0.39 is 0 Å². The monoisotopic (exact) mass is 260 g/mol. The molecule has 2 rings (SSSR count). The molecular formula is C17H28N2. The largest absolute Gasteiger partial charge is 0.311 e. The molecule has 1 saturated heterocycles. The Hall–Kier alpha value is -0.860. The summed E-state index contributed by atoms with van der Waals surface area (Å²) < 4.78 is 0. The molecule has 106 valence electrons. The molecule has 0 radical (unpaired) electrons. The normalized spacial score (nSPS) is 24.9. The number of piperazine rings is 1. The van der Waals surface area contributed by atoms with Gasteiger partial charge in [-0.15, -0.1) is 0 Å². The Morgan fingerprint density at radius 2 is 1.95 bits per heavy atom. The van der Waals surface area contributed by atoms with Crippen LogP contribution in [0, 0.1) is 0 Å². The van der Waals surface area contributed by atoms with Gasteiger partial charge in [0.2, 0.25) is 0 Å². The first-order valence-electron chi connectivity index (χ1n) is 7.66. The van der Waals surface area contributed by atoms with E-state index in [1.807, 2.05) is 0 Å². The van der Waals surface area contributed by atoms with Crippen LogP contribution >= 0.6 is 0 Å². The summed E-state index contributed by atoms with van der Waals surface area (Å²) in [6, 6.07) is 10.4. The van der Waals surface area contributed by atoms with Crippen molar-refractivity contribution in [3.05, 3.63) is 35.4 Å². The van der Waals surface area contributed by atoms with Crippen molar-refractivity contribution in [3.63, 3.8) is 0 Å². The second kappa shape index (κ2) is 6.53. The average molecular weight is 260 g/mol. The fourth-order valence-electron chi connectivity index (χ4n) is 2.73. The molecule has 1 N–H and O–H groups in total. The predicted molar refractivity (Wildman–Crippen MR) is 82.5 cm³/mol. The lowest BCUT2D eigenvalue weighted by atomic mass is 10.0. The molecule has 2 unspecified atom stereocenters. The van der Waals surface area contributed by atoms with Gasteiger partial charge >= 0.3 is 0 Å². The molecule has 0 spiro atoms. The van der Waals surface area contributed by atoms with Crippen LogP contribution in [0.2, 0.25) is 0 Å². The SMILES string of the molecule is CCC1CN(Cc2ccc(C(C)C)cc2)C(C)CN1. The molecule has 1 aliphatic rings. The van der Waals surface area contributed by atoms with E-state index in [1.165, 1.54) is 24.1 Å². The second-order valence-electron chi connectivity index (χ2n) is 6.19. The van der Waals surface area contributed by atoms with Crippen LogP contribution in [0.15, 0.2) is 24.3 Å². The third kappa shape index (κ3) is 3.80. The van der Waals surface area contributed by atoms with Crippen LogP contribution in [0.3, 0.4) is 0 Å². The summed E-state index contributed by atoms with van der Waals surface area (Å²) in [5.41, 5.74) is 2.87. The Morgan fingerprint density at radius 3 is 2.53 bits per heavy atom. The van der Waals surface area contributed by atoms with Crippen LogP contribution in [0.4, 0.5) is 0 Å².